The van der Waals surface area contributed by atoms with E-state index in [9.17, 15) is 9.59 Å². The molecule has 174 valence electrons. The van der Waals surface area contributed by atoms with Gasteiger partial charge in [0.05, 0.1) is 7.11 Å². The second-order valence-corrected chi connectivity index (χ2v) is 8.11. The van der Waals surface area contributed by atoms with Crippen LogP contribution in [-0.4, -0.2) is 25.5 Å². The highest BCUT2D eigenvalue weighted by Gasteiger charge is 2.14. The molecular formula is C26H27N5O3. The summed E-state index contributed by atoms with van der Waals surface area (Å²) in [7, 11) is 1.56. The van der Waals surface area contributed by atoms with Gasteiger partial charge in [-0.3, -0.25) is 9.59 Å². The topological polar surface area (TPSA) is 107 Å². The summed E-state index contributed by atoms with van der Waals surface area (Å²) in [5.41, 5.74) is 11.8. The fourth-order valence-corrected chi connectivity index (χ4v) is 3.40. The quantitative estimate of drug-likeness (QED) is 0.222. The highest BCUT2D eigenvalue weighted by atomic mass is 16.5. The Bertz CT molecular complexity index is 1200. The van der Waals surface area contributed by atoms with Crippen LogP contribution < -0.4 is 15.0 Å². The van der Waals surface area contributed by atoms with E-state index in [0.717, 1.165) is 24.3 Å². The van der Waals surface area contributed by atoms with Crippen LogP contribution in [0.25, 0.3) is 10.4 Å². The summed E-state index contributed by atoms with van der Waals surface area (Å²) >= 11 is 0. The maximum Gasteiger partial charge on any atom is 0.255 e. The SMILES string of the molecule is COc1cccc(C(=O)Nc2cccc(N(CCC(C)C)c3ccc(C(=O)N=[N+]=[N-])cc3)c2)c1. The predicted octanol–water partition coefficient (Wildman–Crippen LogP) is 6.58. The van der Waals surface area contributed by atoms with Crippen LogP contribution in [0.4, 0.5) is 17.1 Å². The Balaban J connectivity index is 1.87. The van der Waals surface area contributed by atoms with Crippen LogP contribution in [0.2, 0.25) is 0 Å². The van der Waals surface area contributed by atoms with Gasteiger partial charge in [0.25, 0.3) is 5.91 Å². The third-order valence-corrected chi connectivity index (χ3v) is 5.24. The summed E-state index contributed by atoms with van der Waals surface area (Å²) in [4.78, 5) is 29.3. The van der Waals surface area contributed by atoms with Gasteiger partial charge in [0.1, 0.15) is 5.75 Å². The number of methoxy groups -OCH3 is 1. The van der Waals surface area contributed by atoms with Gasteiger partial charge in [0.2, 0.25) is 5.91 Å². The van der Waals surface area contributed by atoms with E-state index in [4.69, 9.17) is 10.3 Å². The average molecular weight is 458 g/mol. The molecule has 0 unspecified atom stereocenters. The van der Waals surface area contributed by atoms with E-state index in [0.29, 0.717) is 28.5 Å². The molecule has 1 N–H and O–H groups in total. The lowest BCUT2D eigenvalue weighted by molar-refractivity contribution is 0.0997. The summed E-state index contributed by atoms with van der Waals surface area (Å²) in [5, 5.41) is 6.09. The molecule has 3 aromatic rings. The first kappa shape index (κ1) is 24.4. The van der Waals surface area contributed by atoms with E-state index in [-0.39, 0.29) is 5.91 Å². The number of hydrogen-bond acceptors (Lipinski definition) is 4. The lowest BCUT2D eigenvalue weighted by Crippen LogP contribution is -2.20. The molecule has 0 bridgehead atoms. The number of carbonyl (C=O) groups excluding carboxylic acids is 2. The molecule has 8 heteroatoms. The minimum Gasteiger partial charge on any atom is -0.497 e. The van der Waals surface area contributed by atoms with Crippen molar-refractivity contribution in [1.82, 2.24) is 0 Å². The molecule has 0 aliphatic heterocycles. The van der Waals surface area contributed by atoms with Gasteiger partial charge in [-0.2, -0.15) is 0 Å². The zero-order valence-electron chi connectivity index (χ0n) is 19.4. The molecule has 8 nitrogen and oxygen atoms in total. The van der Waals surface area contributed by atoms with Crippen molar-refractivity contribution in [3.8, 4) is 5.75 Å². The number of nitrogens with one attached hydrogen (secondary N) is 1. The lowest BCUT2D eigenvalue weighted by Gasteiger charge is -2.26. The number of anilines is 3. The standard InChI is InChI=1S/C26H27N5O3/c1-18(2)14-15-31(22-12-10-19(11-13-22)26(33)29-30-27)23-8-5-7-21(17-23)28-25(32)20-6-4-9-24(16-20)34-3/h4-13,16-18H,14-15H2,1-3H3,(H,28,32). The van der Waals surface area contributed by atoms with Gasteiger partial charge in [-0.1, -0.05) is 26.0 Å². The number of ether oxygens (including phenoxy) is 1. The Labute approximate surface area is 198 Å². The van der Waals surface area contributed by atoms with Gasteiger partial charge >= 0.3 is 0 Å². The van der Waals surface area contributed by atoms with Crippen LogP contribution in [0.1, 0.15) is 41.0 Å². The molecule has 0 fully saturated rings. The van der Waals surface area contributed by atoms with Gasteiger partial charge in [0.15, 0.2) is 0 Å². The van der Waals surface area contributed by atoms with Crippen molar-refractivity contribution >= 4 is 28.9 Å². The first-order valence-corrected chi connectivity index (χ1v) is 10.9. The molecule has 0 aromatic heterocycles. The van der Waals surface area contributed by atoms with Crippen LogP contribution in [0.15, 0.2) is 77.9 Å². The average Bonchev–Trinajstić information content (AvgIpc) is 2.85. The molecule has 0 atom stereocenters. The van der Waals surface area contributed by atoms with E-state index in [2.05, 4.69) is 34.1 Å². The molecule has 3 aromatic carbocycles. The normalized spacial score (nSPS) is 10.4. The van der Waals surface area contributed by atoms with Crippen molar-refractivity contribution < 1.29 is 14.3 Å². The number of azide groups is 1. The van der Waals surface area contributed by atoms with Crippen LogP contribution in [0.3, 0.4) is 0 Å². The highest BCUT2D eigenvalue weighted by Crippen LogP contribution is 2.29. The maximum atomic E-state index is 12.8. The van der Waals surface area contributed by atoms with Gasteiger partial charge < -0.3 is 15.0 Å². The number of rotatable bonds is 9. The first-order chi connectivity index (χ1) is 16.4. The Morgan fingerprint density at radius 1 is 1.00 bits per heavy atom. The van der Waals surface area contributed by atoms with Crippen LogP contribution in [0.5, 0.6) is 5.75 Å². The molecule has 0 aliphatic rings. The summed E-state index contributed by atoms with van der Waals surface area (Å²) in [6, 6.07) is 21.5. The van der Waals surface area contributed by atoms with Crippen LogP contribution >= 0.6 is 0 Å². The van der Waals surface area contributed by atoms with Crippen molar-refractivity contribution in [2.24, 2.45) is 11.0 Å². The number of hydrogen-bond donors (Lipinski definition) is 1. The molecule has 0 radical (unpaired) electrons. The zero-order chi connectivity index (χ0) is 24.5. The fourth-order valence-electron chi connectivity index (χ4n) is 3.40. The minimum atomic E-state index is -0.620. The van der Waals surface area contributed by atoms with Crippen LogP contribution in [-0.2, 0) is 0 Å². The summed E-state index contributed by atoms with van der Waals surface area (Å²) in [5.74, 6) is 0.253. The molecule has 3 rings (SSSR count). The van der Waals surface area contributed by atoms with E-state index >= 15 is 0 Å². The molecule has 0 aliphatic carbocycles. The van der Waals surface area contributed by atoms with Crippen molar-refractivity contribution in [3.05, 3.63) is 94.4 Å². The Hall–Kier alpha value is -4.29. The molecular weight excluding hydrogens is 430 g/mol. The predicted molar refractivity (Wildman–Crippen MR) is 134 cm³/mol. The number of carbonyl (C=O) groups is 2. The number of nitrogens with zero attached hydrogens (tertiary/aromatic N) is 4. The molecule has 0 spiro atoms. The fraction of sp³-hybridized carbons (Fsp3) is 0.231. The highest BCUT2D eigenvalue weighted by molar-refractivity contribution is 6.04. The molecule has 0 saturated carbocycles. The van der Waals surface area contributed by atoms with E-state index in [1.807, 2.05) is 36.4 Å². The first-order valence-electron chi connectivity index (χ1n) is 10.9. The second-order valence-electron chi connectivity index (χ2n) is 8.11. The van der Waals surface area contributed by atoms with Gasteiger partial charge in [-0.05, 0) is 83.6 Å². The number of benzene rings is 3. The monoisotopic (exact) mass is 457 g/mol. The van der Waals surface area contributed by atoms with E-state index in [1.165, 1.54) is 0 Å². The third-order valence-electron chi connectivity index (χ3n) is 5.24. The van der Waals surface area contributed by atoms with Crippen molar-refractivity contribution in [3.63, 3.8) is 0 Å². The Kier molecular flexibility index (Phi) is 8.26. The van der Waals surface area contributed by atoms with E-state index < -0.39 is 5.91 Å². The largest absolute Gasteiger partial charge is 0.497 e. The van der Waals surface area contributed by atoms with Crippen LogP contribution in [0, 0.1) is 5.92 Å². The Morgan fingerprint density at radius 2 is 1.74 bits per heavy atom. The smallest absolute Gasteiger partial charge is 0.255 e. The summed E-state index contributed by atoms with van der Waals surface area (Å²) < 4.78 is 5.21. The third kappa shape index (κ3) is 6.37. The maximum absolute atomic E-state index is 12.8. The van der Waals surface area contributed by atoms with Crippen molar-refractivity contribution in [2.45, 2.75) is 20.3 Å². The summed E-state index contributed by atoms with van der Waals surface area (Å²) in [6.45, 7) is 5.06. The van der Waals surface area contributed by atoms with E-state index in [1.54, 1.807) is 43.5 Å². The second kappa shape index (κ2) is 11.5. The van der Waals surface area contributed by atoms with Gasteiger partial charge in [0, 0.05) is 39.6 Å². The van der Waals surface area contributed by atoms with Gasteiger partial charge in [-0.25, -0.2) is 0 Å². The minimum absolute atomic E-state index is 0.231. The van der Waals surface area contributed by atoms with Crippen molar-refractivity contribution in [2.75, 3.05) is 23.9 Å². The molecule has 2 amide bonds. The molecule has 0 saturated heterocycles. The van der Waals surface area contributed by atoms with Gasteiger partial charge in [-0.15, -0.1) is 0 Å². The summed E-state index contributed by atoms with van der Waals surface area (Å²) in [6.07, 6.45) is 0.944. The lowest BCUT2D eigenvalue weighted by atomic mass is 10.1. The molecule has 0 heterocycles. The van der Waals surface area contributed by atoms with Crippen molar-refractivity contribution in [1.29, 1.82) is 0 Å². The molecule has 34 heavy (non-hydrogen) atoms. The zero-order valence-corrected chi connectivity index (χ0v) is 19.4. The Morgan fingerprint density at radius 3 is 2.41 bits per heavy atom. The number of amides is 2.